The molecule has 5 rings (SSSR count). The number of benzene rings is 3. The molecule has 32 heavy (non-hydrogen) atoms. The Balaban J connectivity index is 1.25. The Kier molecular flexibility index (Phi) is 5.77. The normalized spacial score (nSPS) is 14.0. The van der Waals surface area contributed by atoms with Gasteiger partial charge in [0.05, 0.1) is 10.2 Å². The van der Waals surface area contributed by atoms with E-state index in [9.17, 15) is 4.79 Å². The van der Waals surface area contributed by atoms with Gasteiger partial charge < -0.3 is 14.5 Å². The van der Waals surface area contributed by atoms with E-state index < -0.39 is 0 Å². The number of aromatic nitrogens is 1. The monoisotopic (exact) mass is 443 g/mol. The van der Waals surface area contributed by atoms with Crippen LogP contribution in [0.15, 0.2) is 72.8 Å². The molecule has 0 saturated carbocycles. The average Bonchev–Trinajstić information content (AvgIpc) is 3.29. The molecule has 1 aliphatic rings. The smallest absolute Gasteiger partial charge is 0.254 e. The maximum Gasteiger partial charge on any atom is 0.254 e. The summed E-state index contributed by atoms with van der Waals surface area (Å²) < 4.78 is 7.12. The molecule has 0 spiro atoms. The summed E-state index contributed by atoms with van der Waals surface area (Å²) in [5, 5.41) is 1.05. The van der Waals surface area contributed by atoms with E-state index in [4.69, 9.17) is 9.72 Å². The first-order valence-corrected chi connectivity index (χ1v) is 11.8. The number of carbonyl (C=O) groups is 1. The number of rotatable bonds is 5. The second-order valence-electron chi connectivity index (χ2n) is 7.84. The number of nitrogens with zero attached hydrogens (tertiary/aromatic N) is 3. The SMILES string of the molecule is CCc1cccc2sc(N3CCN(C(=O)c4cccc(Oc5ccccc5)c4)CC3)nc12. The van der Waals surface area contributed by atoms with Crippen molar-refractivity contribution in [2.45, 2.75) is 13.3 Å². The van der Waals surface area contributed by atoms with Crippen LogP contribution in [0.25, 0.3) is 10.2 Å². The van der Waals surface area contributed by atoms with E-state index in [-0.39, 0.29) is 5.91 Å². The maximum atomic E-state index is 13.1. The molecule has 4 aromatic rings. The van der Waals surface area contributed by atoms with Gasteiger partial charge in [-0.2, -0.15) is 0 Å². The van der Waals surface area contributed by atoms with E-state index in [2.05, 4.69) is 30.0 Å². The molecular weight excluding hydrogens is 418 g/mol. The van der Waals surface area contributed by atoms with Crippen molar-refractivity contribution in [2.24, 2.45) is 0 Å². The molecule has 0 aliphatic carbocycles. The zero-order chi connectivity index (χ0) is 21.9. The lowest BCUT2D eigenvalue weighted by Crippen LogP contribution is -2.48. The Morgan fingerprint density at radius 1 is 0.938 bits per heavy atom. The van der Waals surface area contributed by atoms with E-state index in [1.54, 1.807) is 11.3 Å². The number of aryl methyl sites for hydroxylation is 1. The van der Waals surface area contributed by atoms with Crippen molar-refractivity contribution in [3.63, 3.8) is 0 Å². The van der Waals surface area contributed by atoms with Crippen molar-refractivity contribution < 1.29 is 9.53 Å². The minimum absolute atomic E-state index is 0.0423. The van der Waals surface area contributed by atoms with Gasteiger partial charge in [0, 0.05) is 31.7 Å². The summed E-state index contributed by atoms with van der Waals surface area (Å²) in [6.07, 6.45) is 0.982. The highest BCUT2D eigenvalue weighted by Gasteiger charge is 2.24. The largest absolute Gasteiger partial charge is 0.457 e. The Labute approximate surface area is 191 Å². The van der Waals surface area contributed by atoms with Crippen molar-refractivity contribution in [2.75, 3.05) is 31.1 Å². The second-order valence-corrected chi connectivity index (χ2v) is 8.85. The summed E-state index contributed by atoms with van der Waals surface area (Å²) >= 11 is 1.74. The quantitative estimate of drug-likeness (QED) is 0.402. The second kappa shape index (κ2) is 9.01. The Hall–Kier alpha value is -3.38. The molecule has 5 nitrogen and oxygen atoms in total. The summed E-state index contributed by atoms with van der Waals surface area (Å²) in [6.45, 7) is 5.09. The number of carbonyl (C=O) groups excluding carboxylic acids is 1. The number of fused-ring (bicyclic) bond motifs is 1. The number of hydrogen-bond acceptors (Lipinski definition) is 5. The number of para-hydroxylation sites is 2. The molecule has 1 aromatic heterocycles. The fourth-order valence-electron chi connectivity index (χ4n) is 4.02. The molecule has 1 amide bonds. The van der Waals surface area contributed by atoms with Crippen molar-refractivity contribution >= 4 is 32.6 Å². The molecule has 6 heteroatoms. The lowest BCUT2D eigenvalue weighted by molar-refractivity contribution is 0.0746. The van der Waals surface area contributed by atoms with Gasteiger partial charge in [-0.15, -0.1) is 0 Å². The van der Waals surface area contributed by atoms with Crippen molar-refractivity contribution in [3.8, 4) is 11.5 Å². The van der Waals surface area contributed by atoms with Gasteiger partial charge in [0.2, 0.25) is 0 Å². The molecule has 0 atom stereocenters. The van der Waals surface area contributed by atoms with Crippen molar-refractivity contribution in [1.82, 2.24) is 9.88 Å². The van der Waals surface area contributed by atoms with E-state index in [0.29, 0.717) is 24.4 Å². The van der Waals surface area contributed by atoms with Gasteiger partial charge in [-0.25, -0.2) is 4.98 Å². The van der Waals surface area contributed by atoms with E-state index in [1.807, 2.05) is 59.5 Å². The van der Waals surface area contributed by atoms with Gasteiger partial charge in [0.25, 0.3) is 5.91 Å². The predicted octanol–water partition coefficient (Wildman–Crippen LogP) is 5.61. The first-order chi connectivity index (χ1) is 15.7. The molecule has 2 heterocycles. The van der Waals surface area contributed by atoms with Crippen molar-refractivity contribution in [1.29, 1.82) is 0 Å². The molecule has 1 aliphatic heterocycles. The number of anilines is 1. The first kappa shape index (κ1) is 20.5. The highest BCUT2D eigenvalue weighted by Crippen LogP contribution is 2.31. The number of piperazine rings is 1. The molecule has 0 bridgehead atoms. The van der Waals surface area contributed by atoms with Crippen LogP contribution in [-0.4, -0.2) is 42.0 Å². The number of hydrogen-bond donors (Lipinski definition) is 0. The zero-order valence-corrected chi connectivity index (χ0v) is 18.8. The fourth-order valence-corrected chi connectivity index (χ4v) is 5.08. The molecular formula is C26H25N3O2S. The Bertz CT molecular complexity index is 1230. The number of amides is 1. The standard InChI is InChI=1S/C26H25N3O2S/c1-2-19-8-7-13-23-24(19)27-26(32-23)29-16-14-28(15-17-29)25(30)20-9-6-12-22(18-20)31-21-10-4-3-5-11-21/h3-13,18H,2,14-17H2,1H3. The van der Waals surface area contributed by atoms with Crippen LogP contribution in [0.4, 0.5) is 5.13 Å². The third-order valence-corrected chi connectivity index (χ3v) is 6.85. The van der Waals surface area contributed by atoms with Gasteiger partial charge in [-0.1, -0.05) is 54.7 Å². The van der Waals surface area contributed by atoms with Crippen LogP contribution in [0.1, 0.15) is 22.8 Å². The molecule has 3 aromatic carbocycles. The van der Waals surface area contributed by atoms with Crippen LogP contribution in [0.3, 0.4) is 0 Å². The summed E-state index contributed by atoms with van der Waals surface area (Å²) in [7, 11) is 0. The topological polar surface area (TPSA) is 45.7 Å². The molecule has 0 unspecified atom stereocenters. The van der Waals surface area contributed by atoms with E-state index >= 15 is 0 Å². The van der Waals surface area contributed by atoms with Crippen LogP contribution in [0.5, 0.6) is 11.5 Å². The summed E-state index contributed by atoms with van der Waals surface area (Å²) in [5.74, 6) is 1.47. The molecule has 0 N–H and O–H groups in total. The van der Waals surface area contributed by atoms with Crippen LogP contribution in [0, 0.1) is 0 Å². The molecule has 0 radical (unpaired) electrons. The summed E-state index contributed by atoms with van der Waals surface area (Å²) in [5.41, 5.74) is 3.06. The third-order valence-electron chi connectivity index (χ3n) is 5.77. The molecule has 1 fully saturated rings. The Morgan fingerprint density at radius 2 is 1.69 bits per heavy atom. The average molecular weight is 444 g/mol. The first-order valence-electron chi connectivity index (χ1n) is 11.0. The van der Waals surface area contributed by atoms with Crippen LogP contribution in [-0.2, 0) is 6.42 Å². The maximum absolute atomic E-state index is 13.1. The van der Waals surface area contributed by atoms with Crippen molar-refractivity contribution in [3.05, 3.63) is 83.9 Å². The summed E-state index contributed by atoms with van der Waals surface area (Å²) in [4.78, 5) is 22.2. The fraction of sp³-hybridized carbons (Fsp3) is 0.231. The van der Waals surface area contributed by atoms with Gasteiger partial charge >= 0.3 is 0 Å². The van der Waals surface area contributed by atoms with E-state index in [0.717, 1.165) is 35.9 Å². The number of thiazole rings is 1. The number of ether oxygens (including phenoxy) is 1. The Morgan fingerprint density at radius 3 is 2.47 bits per heavy atom. The lowest BCUT2D eigenvalue weighted by Gasteiger charge is -2.34. The van der Waals surface area contributed by atoms with Crippen LogP contribution >= 0.6 is 11.3 Å². The zero-order valence-electron chi connectivity index (χ0n) is 18.0. The van der Waals surface area contributed by atoms with Gasteiger partial charge in [0.1, 0.15) is 11.5 Å². The highest BCUT2D eigenvalue weighted by molar-refractivity contribution is 7.22. The van der Waals surface area contributed by atoms with Gasteiger partial charge in [0.15, 0.2) is 5.13 Å². The van der Waals surface area contributed by atoms with Gasteiger partial charge in [-0.3, -0.25) is 4.79 Å². The molecule has 1 saturated heterocycles. The van der Waals surface area contributed by atoms with Crippen LogP contribution in [0.2, 0.25) is 0 Å². The van der Waals surface area contributed by atoms with E-state index in [1.165, 1.54) is 10.3 Å². The highest BCUT2D eigenvalue weighted by atomic mass is 32.1. The summed E-state index contributed by atoms with van der Waals surface area (Å²) in [6, 6.07) is 23.4. The minimum Gasteiger partial charge on any atom is -0.457 e. The third kappa shape index (κ3) is 4.18. The minimum atomic E-state index is 0.0423. The predicted molar refractivity (Wildman–Crippen MR) is 130 cm³/mol. The van der Waals surface area contributed by atoms with Gasteiger partial charge in [-0.05, 0) is 48.4 Å². The molecule has 162 valence electrons. The van der Waals surface area contributed by atoms with Crippen LogP contribution < -0.4 is 9.64 Å². The lowest BCUT2D eigenvalue weighted by atomic mass is 10.1.